The zero-order chi connectivity index (χ0) is 19.5. The molecule has 3 aromatic rings. The summed E-state index contributed by atoms with van der Waals surface area (Å²) in [6.07, 6.45) is 8.13. The molecule has 0 aliphatic heterocycles. The first-order valence-electron chi connectivity index (χ1n) is 9.64. The standard InChI is InChI=1S/C21H22FN3O2S/c22-15-9-7-14(8-10-15)17-12-28-20-19(17)21(27)25(13-23-20)11-18(26)24-16-5-3-1-2-4-6-16/h7-10,12-13,16H,1-6,11H2,(H,24,26). The fourth-order valence-corrected chi connectivity index (χ4v) is 4.68. The van der Waals surface area contributed by atoms with Crippen molar-refractivity contribution in [3.63, 3.8) is 0 Å². The smallest absolute Gasteiger partial charge is 0.263 e. The number of aromatic nitrogens is 2. The molecular weight excluding hydrogens is 377 g/mol. The molecule has 1 aliphatic rings. The lowest BCUT2D eigenvalue weighted by atomic mass is 10.1. The van der Waals surface area contributed by atoms with Crippen molar-refractivity contribution in [2.24, 2.45) is 0 Å². The van der Waals surface area contributed by atoms with Crippen LogP contribution in [0.1, 0.15) is 38.5 Å². The van der Waals surface area contributed by atoms with E-state index in [-0.39, 0.29) is 29.9 Å². The van der Waals surface area contributed by atoms with E-state index in [1.807, 2.05) is 5.38 Å². The van der Waals surface area contributed by atoms with Crippen molar-refractivity contribution in [3.8, 4) is 11.1 Å². The third-order valence-corrected chi connectivity index (χ3v) is 6.14. The first kappa shape index (κ1) is 18.8. The summed E-state index contributed by atoms with van der Waals surface area (Å²) in [4.78, 5) is 30.4. The summed E-state index contributed by atoms with van der Waals surface area (Å²) in [5, 5.41) is 5.39. The average molecular weight is 399 g/mol. The molecular formula is C21H22FN3O2S. The first-order chi connectivity index (χ1) is 13.6. The largest absolute Gasteiger partial charge is 0.352 e. The van der Waals surface area contributed by atoms with Crippen molar-refractivity contribution in [2.45, 2.75) is 51.1 Å². The molecule has 2 aromatic heterocycles. The predicted octanol–water partition coefficient (Wildman–Crippen LogP) is 4.10. The summed E-state index contributed by atoms with van der Waals surface area (Å²) in [6.45, 7) is -0.0447. The molecule has 0 spiro atoms. The highest BCUT2D eigenvalue weighted by Gasteiger charge is 2.17. The number of amides is 1. The monoisotopic (exact) mass is 399 g/mol. The van der Waals surface area contributed by atoms with E-state index in [0.29, 0.717) is 10.2 Å². The van der Waals surface area contributed by atoms with E-state index in [0.717, 1.165) is 36.8 Å². The van der Waals surface area contributed by atoms with E-state index in [1.165, 1.54) is 47.2 Å². The fourth-order valence-electron chi connectivity index (χ4n) is 3.77. The Morgan fingerprint density at radius 1 is 1.18 bits per heavy atom. The number of benzene rings is 1. The number of halogens is 1. The highest BCUT2D eigenvalue weighted by molar-refractivity contribution is 7.17. The number of carbonyl (C=O) groups is 1. The summed E-state index contributed by atoms with van der Waals surface area (Å²) in [5.74, 6) is -0.484. The molecule has 0 radical (unpaired) electrons. The lowest BCUT2D eigenvalue weighted by Gasteiger charge is -2.16. The van der Waals surface area contributed by atoms with Crippen LogP contribution in [-0.2, 0) is 11.3 Å². The molecule has 1 aliphatic carbocycles. The summed E-state index contributed by atoms with van der Waals surface area (Å²) in [5.41, 5.74) is 1.23. The third kappa shape index (κ3) is 3.99. The molecule has 0 saturated heterocycles. The molecule has 1 amide bonds. The minimum atomic E-state index is -0.325. The van der Waals surface area contributed by atoms with Crippen LogP contribution >= 0.6 is 11.3 Å². The molecule has 0 atom stereocenters. The Balaban J connectivity index is 1.58. The van der Waals surface area contributed by atoms with Crippen molar-refractivity contribution < 1.29 is 9.18 Å². The molecule has 0 unspecified atom stereocenters. The summed E-state index contributed by atoms with van der Waals surface area (Å²) in [6, 6.07) is 6.22. The van der Waals surface area contributed by atoms with Crippen LogP contribution in [0.4, 0.5) is 4.39 Å². The van der Waals surface area contributed by atoms with Crippen LogP contribution in [-0.4, -0.2) is 21.5 Å². The number of fused-ring (bicyclic) bond motifs is 1. The predicted molar refractivity (Wildman–Crippen MR) is 109 cm³/mol. The number of carbonyl (C=O) groups excluding carboxylic acids is 1. The Bertz CT molecular complexity index is 1030. The van der Waals surface area contributed by atoms with E-state index in [1.54, 1.807) is 12.1 Å². The molecule has 0 bridgehead atoms. The van der Waals surface area contributed by atoms with Gasteiger partial charge in [-0.05, 0) is 30.5 Å². The van der Waals surface area contributed by atoms with Crippen LogP contribution in [0.3, 0.4) is 0 Å². The molecule has 1 N–H and O–H groups in total. The second-order valence-corrected chi connectivity index (χ2v) is 8.13. The van der Waals surface area contributed by atoms with Crippen molar-refractivity contribution >= 4 is 27.5 Å². The van der Waals surface area contributed by atoms with Gasteiger partial charge in [-0.2, -0.15) is 0 Å². The van der Waals surface area contributed by atoms with Crippen LogP contribution in [0.25, 0.3) is 21.3 Å². The second kappa shape index (κ2) is 8.22. The van der Waals surface area contributed by atoms with Gasteiger partial charge in [-0.25, -0.2) is 9.37 Å². The van der Waals surface area contributed by atoms with E-state index in [9.17, 15) is 14.0 Å². The van der Waals surface area contributed by atoms with Crippen LogP contribution < -0.4 is 10.9 Å². The summed E-state index contributed by atoms with van der Waals surface area (Å²) >= 11 is 1.37. The van der Waals surface area contributed by atoms with Gasteiger partial charge in [0.25, 0.3) is 5.56 Å². The molecule has 146 valence electrons. The number of thiophene rings is 1. The van der Waals surface area contributed by atoms with E-state index >= 15 is 0 Å². The Kier molecular flexibility index (Phi) is 5.52. The fraction of sp³-hybridized carbons (Fsp3) is 0.381. The molecule has 2 heterocycles. The number of nitrogens with one attached hydrogen (secondary N) is 1. The van der Waals surface area contributed by atoms with Crippen LogP contribution in [0, 0.1) is 5.82 Å². The maximum Gasteiger partial charge on any atom is 0.263 e. The van der Waals surface area contributed by atoms with Crippen LogP contribution in [0.2, 0.25) is 0 Å². The highest BCUT2D eigenvalue weighted by atomic mass is 32.1. The lowest BCUT2D eigenvalue weighted by molar-refractivity contribution is -0.122. The Labute approximate surface area is 166 Å². The molecule has 28 heavy (non-hydrogen) atoms. The van der Waals surface area contributed by atoms with Gasteiger partial charge in [0.05, 0.1) is 11.7 Å². The SMILES string of the molecule is O=C(Cn1cnc2scc(-c3ccc(F)cc3)c2c1=O)NC1CCCCCC1. The normalized spacial score (nSPS) is 15.5. The lowest BCUT2D eigenvalue weighted by Crippen LogP contribution is -2.38. The average Bonchev–Trinajstić information content (AvgIpc) is 2.95. The number of hydrogen-bond acceptors (Lipinski definition) is 4. The van der Waals surface area contributed by atoms with Gasteiger partial charge in [0.1, 0.15) is 17.2 Å². The second-order valence-electron chi connectivity index (χ2n) is 7.27. The van der Waals surface area contributed by atoms with Gasteiger partial charge in [0.2, 0.25) is 5.91 Å². The van der Waals surface area contributed by atoms with Gasteiger partial charge in [-0.3, -0.25) is 14.2 Å². The zero-order valence-electron chi connectivity index (χ0n) is 15.5. The van der Waals surface area contributed by atoms with Gasteiger partial charge in [0.15, 0.2) is 0 Å². The van der Waals surface area contributed by atoms with Crippen molar-refractivity contribution in [1.82, 2.24) is 14.9 Å². The van der Waals surface area contributed by atoms with Gasteiger partial charge in [0, 0.05) is 17.0 Å². The topological polar surface area (TPSA) is 64.0 Å². The van der Waals surface area contributed by atoms with Gasteiger partial charge in [-0.1, -0.05) is 37.8 Å². The quantitative estimate of drug-likeness (QED) is 0.672. The minimum absolute atomic E-state index is 0.0447. The third-order valence-electron chi connectivity index (χ3n) is 5.25. The van der Waals surface area contributed by atoms with Crippen LogP contribution in [0.5, 0.6) is 0 Å². The summed E-state index contributed by atoms with van der Waals surface area (Å²) in [7, 11) is 0. The summed E-state index contributed by atoms with van der Waals surface area (Å²) < 4.78 is 14.6. The van der Waals surface area contributed by atoms with E-state index in [2.05, 4.69) is 10.3 Å². The van der Waals surface area contributed by atoms with Crippen molar-refractivity contribution in [3.05, 3.63) is 52.1 Å². The zero-order valence-corrected chi connectivity index (χ0v) is 16.3. The van der Waals surface area contributed by atoms with E-state index < -0.39 is 0 Å². The van der Waals surface area contributed by atoms with Crippen molar-refractivity contribution in [2.75, 3.05) is 0 Å². The Hall–Kier alpha value is -2.54. The Morgan fingerprint density at radius 3 is 2.61 bits per heavy atom. The van der Waals surface area contributed by atoms with Crippen LogP contribution in [0.15, 0.2) is 40.8 Å². The maximum absolute atomic E-state index is 13.2. The number of hydrogen-bond donors (Lipinski definition) is 1. The maximum atomic E-state index is 13.2. The van der Waals surface area contributed by atoms with Gasteiger partial charge in [-0.15, -0.1) is 11.3 Å². The molecule has 4 rings (SSSR count). The molecule has 1 saturated carbocycles. The molecule has 1 fully saturated rings. The number of rotatable bonds is 4. The number of nitrogens with zero attached hydrogens (tertiary/aromatic N) is 2. The highest BCUT2D eigenvalue weighted by Crippen LogP contribution is 2.30. The molecule has 1 aromatic carbocycles. The minimum Gasteiger partial charge on any atom is -0.352 e. The van der Waals surface area contributed by atoms with Crippen molar-refractivity contribution in [1.29, 1.82) is 0 Å². The first-order valence-corrected chi connectivity index (χ1v) is 10.5. The van der Waals surface area contributed by atoms with Gasteiger partial charge < -0.3 is 5.32 Å². The molecule has 7 heteroatoms. The Morgan fingerprint density at radius 2 is 1.89 bits per heavy atom. The van der Waals surface area contributed by atoms with E-state index in [4.69, 9.17) is 0 Å². The van der Waals surface area contributed by atoms with Gasteiger partial charge >= 0.3 is 0 Å². The molecule has 5 nitrogen and oxygen atoms in total.